The van der Waals surface area contributed by atoms with Crippen LogP contribution in [0.25, 0.3) is 0 Å². The maximum absolute atomic E-state index is 15.4. The third kappa shape index (κ3) is 6.33. The Hall–Kier alpha value is -5.74. The molecule has 0 bridgehead atoms. The van der Waals surface area contributed by atoms with E-state index in [1.54, 1.807) is 30.3 Å². The van der Waals surface area contributed by atoms with E-state index in [2.05, 4.69) is 5.43 Å². The molecule has 312 valence electrons. The van der Waals surface area contributed by atoms with E-state index in [1.165, 1.54) is 50.6 Å². The number of carbonyl (C=O) groups is 4. The van der Waals surface area contributed by atoms with Crippen LogP contribution in [0.2, 0.25) is 10.0 Å². The number of amides is 4. The van der Waals surface area contributed by atoms with Crippen molar-refractivity contribution in [1.29, 1.82) is 0 Å². The number of imide groups is 2. The third-order valence-electron chi connectivity index (χ3n) is 12.0. The number of ether oxygens (including phenoxy) is 2. The van der Waals surface area contributed by atoms with Gasteiger partial charge < -0.3 is 14.6 Å². The average Bonchev–Trinajstić information content (AvgIpc) is 3.58. The molecule has 0 aromatic heterocycles. The van der Waals surface area contributed by atoms with Crippen molar-refractivity contribution in [3.8, 4) is 17.2 Å². The van der Waals surface area contributed by atoms with Crippen LogP contribution in [-0.2, 0) is 36.9 Å². The molecule has 8 rings (SSSR count). The first-order valence-corrected chi connectivity index (χ1v) is 19.1. The number of fused-ring (bicyclic) bond motifs is 4. The van der Waals surface area contributed by atoms with Crippen LogP contribution in [0.15, 0.2) is 90.5 Å². The number of nitrogens with one attached hydrogen (secondary N) is 1. The minimum Gasteiger partial charge on any atom is -0.508 e. The van der Waals surface area contributed by atoms with E-state index < -0.39 is 87.8 Å². The van der Waals surface area contributed by atoms with E-state index in [4.69, 9.17) is 32.7 Å². The van der Waals surface area contributed by atoms with Gasteiger partial charge in [0.1, 0.15) is 17.2 Å². The van der Waals surface area contributed by atoms with Crippen LogP contribution >= 0.6 is 23.2 Å². The molecule has 2 aliphatic heterocycles. The van der Waals surface area contributed by atoms with Gasteiger partial charge in [0.25, 0.3) is 11.8 Å². The Morgan fingerprint density at radius 1 is 0.767 bits per heavy atom. The van der Waals surface area contributed by atoms with Crippen LogP contribution in [0.5, 0.6) is 17.2 Å². The van der Waals surface area contributed by atoms with Gasteiger partial charge in [-0.25, -0.2) is 4.90 Å². The van der Waals surface area contributed by atoms with Crippen LogP contribution in [0.1, 0.15) is 41.0 Å². The second-order valence-electron chi connectivity index (χ2n) is 14.9. The molecule has 2 heterocycles. The lowest BCUT2D eigenvalue weighted by atomic mass is 9.49. The van der Waals surface area contributed by atoms with E-state index in [0.717, 1.165) is 5.01 Å². The van der Waals surface area contributed by atoms with E-state index in [0.29, 0.717) is 33.9 Å². The molecule has 4 amide bonds. The van der Waals surface area contributed by atoms with Crippen LogP contribution in [0.4, 0.5) is 37.7 Å². The third-order valence-corrected chi connectivity index (χ3v) is 12.5. The molecule has 0 spiro atoms. The Balaban J connectivity index is 1.33. The molecule has 60 heavy (non-hydrogen) atoms. The smallest absolute Gasteiger partial charge is 0.416 e. The lowest BCUT2D eigenvalue weighted by Crippen LogP contribution is -2.53. The lowest BCUT2D eigenvalue weighted by Gasteiger charge is -2.50. The van der Waals surface area contributed by atoms with Gasteiger partial charge in [-0.1, -0.05) is 47.0 Å². The largest absolute Gasteiger partial charge is 0.508 e. The van der Waals surface area contributed by atoms with Crippen molar-refractivity contribution in [1.82, 2.24) is 5.01 Å². The molecule has 1 saturated carbocycles. The Labute approximate surface area is 347 Å². The highest BCUT2D eigenvalue weighted by molar-refractivity contribution is 6.36. The number of halogens is 8. The summed E-state index contributed by atoms with van der Waals surface area (Å²) in [4.78, 5) is 59.4. The van der Waals surface area contributed by atoms with Crippen molar-refractivity contribution in [3.05, 3.63) is 123 Å². The number of benzene rings is 4. The fourth-order valence-corrected chi connectivity index (χ4v) is 9.85. The second kappa shape index (κ2) is 14.5. The number of allylic oxidation sites excluding steroid dienone is 2. The second-order valence-corrected chi connectivity index (χ2v) is 15.8. The van der Waals surface area contributed by atoms with E-state index in [-0.39, 0.29) is 51.7 Å². The maximum Gasteiger partial charge on any atom is 0.416 e. The van der Waals surface area contributed by atoms with Crippen LogP contribution < -0.4 is 19.8 Å². The van der Waals surface area contributed by atoms with Gasteiger partial charge in [-0.3, -0.25) is 24.6 Å². The zero-order valence-corrected chi connectivity index (χ0v) is 32.7. The Bertz CT molecular complexity index is 2480. The van der Waals surface area contributed by atoms with Crippen LogP contribution in [0, 0.1) is 23.7 Å². The van der Waals surface area contributed by atoms with Crippen molar-refractivity contribution in [2.24, 2.45) is 23.7 Å². The number of hydrogen-bond donors (Lipinski definition) is 2. The highest BCUT2D eigenvalue weighted by Gasteiger charge is 2.71. The van der Waals surface area contributed by atoms with Crippen molar-refractivity contribution < 1.29 is 60.1 Å². The molecular weight excluding hydrogens is 843 g/mol. The molecule has 4 aliphatic rings. The zero-order chi connectivity index (χ0) is 43.2. The summed E-state index contributed by atoms with van der Waals surface area (Å²) in [5.41, 5.74) is -2.59. The molecular formula is C42H31Cl2F6N3O7. The molecule has 0 radical (unpaired) electrons. The quantitative estimate of drug-likeness (QED) is 0.107. The number of carbonyl (C=O) groups excluding carboxylic acids is 4. The van der Waals surface area contributed by atoms with Crippen LogP contribution in [-0.4, -0.2) is 48.0 Å². The molecule has 2 saturated heterocycles. The van der Waals surface area contributed by atoms with Crippen molar-refractivity contribution in [2.45, 2.75) is 36.5 Å². The van der Waals surface area contributed by atoms with Gasteiger partial charge in [-0.15, -0.1) is 0 Å². The highest BCUT2D eigenvalue weighted by atomic mass is 35.5. The fourth-order valence-electron chi connectivity index (χ4n) is 9.40. The van der Waals surface area contributed by atoms with E-state index in [9.17, 15) is 45.8 Å². The predicted octanol–water partition coefficient (Wildman–Crippen LogP) is 8.94. The van der Waals surface area contributed by atoms with Crippen molar-refractivity contribution in [3.63, 3.8) is 0 Å². The Morgan fingerprint density at radius 2 is 1.40 bits per heavy atom. The van der Waals surface area contributed by atoms with Crippen molar-refractivity contribution in [2.75, 3.05) is 24.5 Å². The summed E-state index contributed by atoms with van der Waals surface area (Å²) in [5, 5.41) is 12.7. The summed E-state index contributed by atoms with van der Waals surface area (Å²) in [5.74, 6) is -9.80. The number of phenols is 1. The number of rotatable bonds is 7. The standard InChI is InChI=1S/C42H31Cl2F6N3O7/c1-59-24-6-3-19(4-7-24)40-30(37(56)53(39(40)58)51-32-11-5-22(43)16-31(32)44)18-28-26(35(40)29-17-25(60-2)8-12-33(29)54)9-10-27-34(28)38(57)52(36(27)55)23-14-20(41(45,46)47)13-21(15-23)42(48,49)50/h3-9,11-17,27-28,30,34-35,51,54H,10,18H2,1-2H3/t27-,28+,30-,34-,35+,40+/m0/s1. The SMILES string of the molecule is COc1ccc([C@@]23C(=O)N(Nc4ccc(Cl)cc4Cl)C(=O)[C@@H]2C[C@@H]2C(=CC[C@@H]4C(=O)N(c5cc(C(F)(F)F)cc(C(F)(F)F)c5)C(=O)[C@@H]42)[C@@H]3c2cc(OC)ccc2O)cc1. The number of phenolic OH excluding ortho intramolecular Hbond substituents is 1. The van der Waals surface area contributed by atoms with Gasteiger partial charge in [-0.05, 0) is 91.1 Å². The Morgan fingerprint density at radius 3 is 2.00 bits per heavy atom. The monoisotopic (exact) mass is 873 g/mol. The van der Waals surface area contributed by atoms with Gasteiger partial charge in [0.05, 0.1) is 64.9 Å². The molecule has 3 fully saturated rings. The van der Waals surface area contributed by atoms with Gasteiger partial charge in [0.15, 0.2) is 0 Å². The number of aromatic hydroxyl groups is 1. The van der Waals surface area contributed by atoms with E-state index in [1.807, 2.05) is 0 Å². The lowest BCUT2D eigenvalue weighted by molar-refractivity contribution is -0.143. The summed E-state index contributed by atoms with van der Waals surface area (Å²) in [6.45, 7) is 0. The number of nitrogens with zero attached hydrogens (tertiary/aromatic N) is 2. The predicted molar refractivity (Wildman–Crippen MR) is 204 cm³/mol. The van der Waals surface area contributed by atoms with Gasteiger partial charge in [0.2, 0.25) is 11.8 Å². The molecule has 2 aliphatic carbocycles. The first-order chi connectivity index (χ1) is 28.3. The average molecular weight is 875 g/mol. The van der Waals surface area contributed by atoms with Crippen molar-refractivity contribution >= 4 is 58.2 Å². The summed E-state index contributed by atoms with van der Waals surface area (Å²) in [6, 6.07) is 15.4. The Kier molecular flexibility index (Phi) is 9.89. The molecule has 18 heteroatoms. The summed E-state index contributed by atoms with van der Waals surface area (Å²) >= 11 is 12.6. The zero-order valence-electron chi connectivity index (χ0n) is 31.2. The number of alkyl halides is 6. The highest BCUT2D eigenvalue weighted by Crippen LogP contribution is 2.65. The first kappa shape index (κ1) is 41.0. The molecule has 4 aromatic rings. The molecule has 10 nitrogen and oxygen atoms in total. The molecule has 0 unspecified atom stereocenters. The van der Waals surface area contributed by atoms with Gasteiger partial charge >= 0.3 is 12.4 Å². The fraction of sp³-hybridized carbons (Fsp3) is 0.286. The summed E-state index contributed by atoms with van der Waals surface area (Å²) in [7, 11) is 2.80. The van der Waals surface area contributed by atoms with Gasteiger partial charge in [-0.2, -0.15) is 31.4 Å². The minimum atomic E-state index is -5.27. The number of hydrogen-bond acceptors (Lipinski definition) is 8. The maximum atomic E-state index is 15.4. The number of hydrazine groups is 1. The van der Waals surface area contributed by atoms with Gasteiger partial charge in [0, 0.05) is 16.5 Å². The topological polar surface area (TPSA) is 125 Å². The van der Waals surface area contributed by atoms with E-state index >= 15 is 4.79 Å². The number of methoxy groups -OCH3 is 2. The molecule has 6 atom stereocenters. The minimum absolute atomic E-state index is 0.0520. The summed E-state index contributed by atoms with van der Waals surface area (Å²) in [6.07, 6.45) is -9.45. The van der Waals surface area contributed by atoms with Crippen LogP contribution in [0.3, 0.4) is 0 Å². The first-order valence-electron chi connectivity index (χ1n) is 18.3. The summed E-state index contributed by atoms with van der Waals surface area (Å²) < 4.78 is 94.7. The normalized spacial score (nSPS) is 25.2. The molecule has 4 aromatic carbocycles. The molecule has 2 N–H and O–H groups in total. The number of anilines is 2.